The molecule has 1 atom stereocenters. The Morgan fingerprint density at radius 1 is 1.19 bits per heavy atom. The molecule has 4 nitrogen and oxygen atoms in total. The lowest BCUT2D eigenvalue weighted by Gasteiger charge is -2.26. The van der Waals surface area contributed by atoms with E-state index in [-0.39, 0.29) is 5.91 Å². The molecule has 1 fully saturated rings. The quantitative estimate of drug-likeness (QED) is 0.883. The number of amides is 1. The molecule has 0 radical (unpaired) electrons. The number of hydrogen-bond donors (Lipinski definition) is 1. The van der Waals surface area contributed by atoms with Crippen LogP contribution in [0.25, 0.3) is 0 Å². The number of aryl methyl sites for hydroxylation is 2. The summed E-state index contributed by atoms with van der Waals surface area (Å²) in [6, 6.07) is 15.2. The monoisotopic (exact) mass is 350 g/mol. The first-order valence-electron chi connectivity index (χ1n) is 9.56. The number of carbonyl (C=O) groups excluding carboxylic acids is 1. The van der Waals surface area contributed by atoms with Gasteiger partial charge in [0.15, 0.2) is 0 Å². The lowest BCUT2D eigenvalue weighted by Crippen LogP contribution is -2.28. The van der Waals surface area contributed by atoms with Gasteiger partial charge in [0, 0.05) is 24.7 Å². The Kier molecular flexibility index (Phi) is 4.93. The van der Waals surface area contributed by atoms with E-state index in [2.05, 4.69) is 47.5 Å². The zero-order valence-corrected chi connectivity index (χ0v) is 15.3. The third kappa shape index (κ3) is 3.61. The van der Waals surface area contributed by atoms with Crippen molar-refractivity contribution in [2.75, 3.05) is 25.0 Å². The van der Waals surface area contributed by atoms with Gasteiger partial charge >= 0.3 is 0 Å². The van der Waals surface area contributed by atoms with E-state index in [0.29, 0.717) is 19.1 Å². The zero-order chi connectivity index (χ0) is 17.9. The highest BCUT2D eigenvalue weighted by Gasteiger charge is 2.26. The van der Waals surface area contributed by atoms with Gasteiger partial charge in [-0.3, -0.25) is 9.69 Å². The van der Waals surface area contributed by atoms with Gasteiger partial charge in [0.2, 0.25) is 5.91 Å². The van der Waals surface area contributed by atoms with Gasteiger partial charge in [0.05, 0.1) is 0 Å². The fourth-order valence-corrected chi connectivity index (χ4v) is 4.14. The van der Waals surface area contributed by atoms with E-state index < -0.39 is 0 Å². The van der Waals surface area contributed by atoms with Crippen LogP contribution in [0.5, 0.6) is 5.75 Å². The number of nitrogens with one attached hydrogen (secondary N) is 1. The number of nitrogens with zero attached hydrogens (tertiary/aromatic N) is 1. The fourth-order valence-electron chi connectivity index (χ4n) is 4.14. The molecule has 0 spiro atoms. The minimum Gasteiger partial charge on any atom is -0.492 e. The minimum atomic E-state index is 0.0995. The van der Waals surface area contributed by atoms with Crippen LogP contribution >= 0.6 is 0 Å². The Labute approximate surface area is 155 Å². The van der Waals surface area contributed by atoms with Crippen molar-refractivity contribution in [2.24, 2.45) is 0 Å². The molecular weight excluding hydrogens is 324 g/mol. The molecule has 0 aliphatic carbocycles. The molecule has 136 valence electrons. The molecular formula is C22H26N2O2. The van der Waals surface area contributed by atoms with Gasteiger partial charge in [-0.1, -0.05) is 24.3 Å². The molecule has 0 bridgehead atoms. The normalized spacial score (nSPS) is 19.9. The van der Waals surface area contributed by atoms with Crippen LogP contribution in [-0.4, -0.2) is 30.5 Å². The predicted molar refractivity (Wildman–Crippen MR) is 104 cm³/mol. The molecule has 1 amide bonds. The molecule has 1 saturated heterocycles. The van der Waals surface area contributed by atoms with E-state index >= 15 is 0 Å². The van der Waals surface area contributed by atoms with Crippen molar-refractivity contribution < 1.29 is 9.53 Å². The molecule has 0 saturated carbocycles. The number of carbonyl (C=O) groups is 1. The first kappa shape index (κ1) is 17.1. The molecule has 1 unspecified atom stereocenters. The Hall–Kier alpha value is -2.33. The number of fused-ring (bicyclic) bond motifs is 1. The Morgan fingerprint density at radius 3 is 2.96 bits per heavy atom. The van der Waals surface area contributed by atoms with Gasteiger partial charge in [-0.05, 0) is 67.6 Å². The summed E-state index contributed by atoms with van der Waals surface area (Å²) in [5.74, 6) is 0.994. The summed E-state index contributed by atoms with van der Waals surface area (Å²) in [6.07, 6.45) is 3.82. The van der Waals surface area contributed by atoms with E-state index in [4.69, 9.17) is 4.74 Å². The van der Waals surface area contributed by atoms with Crippen molar-refractivity contribution in [3.63, 3.8) is 0 Å². The first-order valence-corrected chi connectivity index (χ1v) is 9.56. The molecule has 2 aromatic carbocycles. The van der Waals surface area contributed by atoms with Crippen LogP contribution in [-0.2, 0) is 11.2 Å². The van der Waals surface area contributed by atoms with Crippen molar-refractivity contribution in [3.8, 4) is 5.75 Å². The van der Waals surface area contributed by atoms with Gasteiger partial charge in [-0.15, -0.1) is 0 Å². The van der Waals surface area contributed by atoms with Crippen LogP contribution in [0.3, 0.4) is 0 Å². The second kappa shape index (κ2) is 7.50. The van der Waals surface area contributed by atoms with E-state index in [1.807, 2.05) is 12.1 Å². The third-order valence-electron chi connectivity index (χ3n) is 5.53. The minimum absolute atomic E-state index is 0.0995. The summed E-state index contributed by atoms with van der Waals surface area (Å²) in [5.41, 5.74) is 4.92. The average molecular weight is 350 g/mol. The highest BCUT2D eigenvalue weighted by molar-refractivity contribution is 5.93. The third-order valence-corrected chi connectivity index (χ3v) is 5.53. The second-order valence-corrected chi connectivity index (χ2v) is 7.27. The number of benzene rings is 2. The molecule has 2 heterocycles. The van der Waals surface area contributed by atoms with Crippen molar-refractivity contribution in [1.29, 1.82) is 0 Å². The van der Waals surface area contributed by atoms with Crippen LogP contribution in [0.15, 0.2) is 42.5 Å². The molecule has 4 heteroatoms. The van der Waals surface area contributed by atoms with Crippen LogP contribution in [0.1, 0.15) is 42.0 Å². The lowest BCUT2D eigenvalue weighted by molar-refractivity contribution is -0.116. The predicted octanol–water partition coefficient (Wildman–Crippen LogP) is 4.10. The summed E-state index contributed by atoms with van der Waals surface area (Å²) >= 11 is 0. The Balaban J connectivity index is 1.36. The summed E-state index contributed by atoms with van der Waals surface area (Å²) in [6.45, 7) is 4.97. The van der Waals surface area contributed by atoms with Crippen LogP contribution in [0.4, 0.5) is 5.69 Å². The maximum Gasteiger partial charge on any atom is 0.224 e. The van der Waals surface area contributed by atoms with Gasteiger partial charge in [-0.2, -0.15) is 0 Å². The van der Waals surface area contributed by atoms with E-state index in [1.54, 1.807) is 0 Å². The van der Waals surface area contributed by atoms with Gasteiger partial charge in [0.25, 0.3) is 0 Å². The maximum atomic E-state index is 11.5. The molecule has 26 heavy (non-hydrogen) atoms. The van der Waals surface area contributed by atoms with E-state index in [9.17, 15) is 4.79 Å². The Morgan fingerprint density at radius 2 is 2.08 bits per heavy atom. The fraction of sp³-hybridized carbons (Fsp3) is 0.409. The smallest absolute Gasteiger partial charge is 0.224 e. The highest BCUT2D eigenvalue weighted by atomic mass is 16.5. The summed E-state index contributed by atoms with van der Waals surface area (Å²) < 4.78 is 6.02. The van der Waals surface area contributed by atoms with E-state index in [1.165, 1.54) is 29.5 Å². The van der Waals surface area contributed by atoms with Crippen molar-refractivity contribution >= 4 is 11.6 Å². The lowest BCUT2D eigenvalue weighted by atomic mass is 9.99. The van der Waals surface area contributed by atoms with E-state index in [0.717, 1.165) is 30.9 Å². The van der Waals surface area contributed by atoms with Gasteiger partial charge in [0.1, 0.15) is 12.4 Å². The molecule has 1 N–H and O–H groups in total. The van der Waals surface area contributed by atoms with Crippen molar-refractivity contribution in [2.45, 2.75) is 38.6 Å². The number of rotatable bonds is 5. The van der Waals surface area contributed by atoms with Gasteiger partial charge < -0.3 is 10.1 Å². The Bertz CT molecular complexity index is 802. The largest absolute Gasteiger partial charge is 0.492 e. The molecule has 2 aromatic rings. The van der Waals surface area contributed by atoms with Crippen LogP contribution < -0.4 is 10.1 Å². The average Bonchev–Trinajstić information content (AvgIpc) is 3.10. The zero-order valence-electron chi connectivity index (χ0n) is 15.3. The number of likely N-dealkylation sites (tertiary alicyclic amines) is 1. The molecule has 0 aromatic heterocycles. The maximum absolute atomic E-state index is 11.5. The topological polar surface area (TPSA) is 41.6 Å². The number of anilines is 1. The highest BCUT2D eigenvalue weighted by Crippen LogP contribution is 2.33. The second-order valence-electron chi connectivity index (χ2n) is 7.27. The SMILES string of the molecule is Cc1ccccc1C1CCCN1CCOc1ccc2c(c1)CCC(=O)N2. The van der Waals surface area contributed by atoms with Crippen molar-refractivity contribution in [1.82, 2.24) is 4.90 Å². The molecule has 2 aliphatic heterocycles. The van der Waals surface area contributed by atoms with Crippen LogP contribution in [0, 0.1) is 6.92 Å². The first-order chi connectivity index (χ1) is 12.7. The number of ether oxygens (including phenoxy) is 1. The standard InChI is InChI=1S/C22H26N2O2/c1-16-5-2-3-6-19(16)21-7-4-12-24(21)13-14-26-18-9-10-20-17(15-18)8-11-22(25)23-20/h2-3,5-6,9-10,15,21H,4,7-8,11-14H2,1H3,(H,23,25). The molecule has 2 aliphatic rings. The summed E-state index contributed by atoms with van der Waals surface area (Å²) in [5, 5.41) is 2.91. The summed E-state index contributed by atoms with van der Waals surface area (Å²) in [4.78, 5) is 14.0. The van der Waals surface area contributed by atoms with Gasteiger partial charge in [-0.25, -0.2) is 0 Å². The molecule has 4 rings (SSSR count). The number of hydrogen-bond acceptors (Lipinski definition) is 3. The van der Waals surface area contributed by atoms with Crippen molar-refractivity contribution in [3.05, 3.63) is 59.2 Å². The van der Waals surface area contributed by atoms with Crippen LogP contribution in [0.2, 0.25) is 0 Å². The summed E-state index contributed by atoms with van der Waals surface area (Å²) in [7, 11) is 0.